The van der Waals surface area contributed by atoms with Crippen LogP contribution in [0.4, 0.5) is 4.79 Å². The molecule has 1 amide bonds. The van der Waals surface area contributed by atoms with Crippen LogP contribution in [0.25, 0.3) is 0 Å². The van der Waals surface area contributed by atoms with Gasteiger partial charge >= 0.3 is 6.09 Å². The first-order valence-electron chi connectivity index (χ1n) is 4.93. The molecule has 2 atom stereocenters. The van der Waals surface area contributed by atoms with Gasteiger partial charge in [0.15, 0.2) is 0 Å². The van der Waals surface area contributed by atoms with Crippen molar-refractivity contribution in [1.82, 2.24) is 4.90 Å². The maximum Gasteiger partial charge on any atom is 0.411 e. The van der Waals surface area contributed by atoms with Crippen LogP contribution in [0.3, 0.4) is 0 Å². The van der Waals surface area contributed by atoms with E-state index in [4.69, 9.17) is 4.74 Å². The highest BCUT2D eigenvalue weighted by molar-refractivity contribution is 5.96. The van der Waals surface area contributed by atoms with E-state index in [2.05, 4.69) is 15.2 Å². The van der Waals surface area contributed by atoms with Gasteiger partial charge in [0.05, 0.1) is 18.7 Å². The standard InChI is InChI=1S/C10H16NO3Si/c1-10(2,3)14-9(13)11-5-8(12)4-7(11)6-15/h7-8,12H,4-5H2,1-3H3/t7-,8+/m1/s1. The molecule has 83 valence electrons. The lowest BCUT2D eigenvalue weighted by atomic mass is 10.2. The summed E-state index contributed by atoms with van der Waals surface area (Å²) in [5.41, 5.74) is 2.27. The summed E-state index contributed by atoms with van der Waals surface area (Å²) in [5.74, 6) is 0. The van der Waals surface area contributed by atoms with Crippen molar-refractivity contribution >= 4 is 15.8 Å². The van der Waals surface area contributed by atoms with Gasteiger partial charge < -0.3 is 9.84 Å². The molecule has 1 N–H and O–H groups in total. The average Bonchev–Trinajstić information content (AvgIpc) is 2.43. The predicted octanol–water partition coefficient (Wildman–Crippen LogP) is 0.484. The number of β-amino-alcohol motifs (C(OH)–C–C–N with tert-alkyl or cyclic N) is 1. The Labute approximate surface area is 92.9 Å². The second-order valence-corrected chi connectivity index (χ2v) is 4.97. The molecule has 1 aliphatic rings. The third-order valence-corrected chi connectivity index (χ3v) is 2.41. The molecule has 1 heterocycles. The topological polar surface area (TPSA) is 49.8 Å². The lowest BCUT2D eigenvalue weighted by Gasteiger charge is -2.26. The summed E-state index contributed by atoms with van der Waals surface area (Å²) < 4.78 is 5.22. The summed E-state index contributed by atoms with van der Waals surface area (Å²) in [6.45, 7) is 5.74. The molecule has 0 unspecified atom stereocenters. The Morgan fingerprint density at radius 3 is 2.67 bits per heavy atom. The van der Waals surface area contributed by atoms with Gasteiger partial charge in [0.25, 0.3) is 0 Å². The Morgan fingerprint density at radius 1 is 1.60 bits per heavy atom. The fourth-order valence-corrected chi connectivity index (χ4v) is 1.75. The average molecular weight is 226 g/mol. The molecule has 4 nitrogen and oxygen atoms in total. The van der Waals surface area contributed by atoms with Crippen LogP contribution >= 0.6 is 0 Å². The quantitative estimate of drug-likeness (QED) is 0.611. The van der Waals surface area contributed by atoms with Gasteiger partial charge in [-0.3, -0.25) is 4.90 Å². The minimum atomic E-state index is -0.513. The molecule has 1 rings (SSSR count). The smallest absolute Gasteiger partial charge is 0.411 e. The number of carbonyl (C=O) groups excluding carboxylic acids is 1. The first kappa shape index (κ1) is 12.3. The van der Waals surface area contributed by atoms with Crippen molar-refractivity contribution in [3.05, 3.63) is 0 Å². The molecule has 0 aromatic rings. The first-order valence-corrected chi connectivity index (χ1v) is 5.43. The monoisotopic (exact) mass is 226 g/mol. The van der Waals surface area contributed by atoms with Gasteiger partial charge in [0.1, 0.15) is 5.60 Å². The zero-order chi connectivity index (χ0) is 11.6. The first-order chi connectivity index (χ1) is 6.83. The Bertz CT molecular complexity index is 292. The van der Waals surface area contributed by atoms with Gasteiger partial charge in [-0.1, -0.05) is 0 Å². The minimum Gasteiger partial charge on any atom is -0.444 e. The van der Waals surface area contributed by atoms with Crippen LogP contribution in [0.1, 0.15) is 27.2 Å². The molecule has 5 heteroatoms. The van der Waals surface area contributed by atoms with E-state index in [0.717, 1.165) is 0 Å². The number of amides is 1. The number of aliphatic hydroxyl groups is 1. The van der Waals surface area contributed by atoms with Crippen molar-refractivity contribution < 1.29 is 14.6 Å². The molecule has 1 saturated heterocycles. The number of likely N-dealkylation sites (tertiary alicyclic amines) is 1. The van der Waals surface area contributed by atoms with Crippen LogP contribution in [-0.2, 0) is 4.74 Å². The Balaban J connectivity index is 2.64. The van der Waals surface area contributed by atoms with Crippen molar-refractivity contribution in [3.8, 4) is 5.50 Å². The van der Waals surface area contributed by atoms with E-state index in [-0.39, 0.29) is 6.04 Å². The van der Waals surface area contributed by atoms with Crippen LogP contribution in [-0.4, -0.2) is 50.1 Å². The highest BCUT2D eigenvalue weighted by Gasteiger charge is 2.35. The van der Waals surface area contributed by atoms with Gasteiger partial charge in [-0.05, 0) is 20.8 Å². The molecular formula is C10H16NO3Si. The van der Waals surface area contributed by atoms with E-state index in [9.17, 15) is 9.90 Å². The fraction of sp³-hybridized carbons (Fsp3) is 0.800. The Morgan fingerprint density at radius 2 is 2.20 bits per heavy atom. The molecule has 0 aromatic carbocycles. The third-order valence-electron chi connectivity index (χ3n) is 2.07. The van der Waals surface area contributed by atoms with Gasteiger partial charge in [0, 0.05) is 16.1 Å². The van der Waals surface area contributed by atoms with E-state index >= 15 is 0 Å². The number of aliphatic hydroxyl groups excluding tert-OH is 1. The maximum absolute atomic E-state index is 11.7. The summed E-state index contributed by atoms with van der Waals surface area (Å²) in [6, 6.07) is -0.216. The zero-order valence-electron chi connectivity index (χ0n) is 9.28. The second-order valence-electron chi connectivity index (χ2n) is 4.68. The van der Waals surface area contributed by atoms with Gasteiger partial charge in [-0.15, -0.1) is 5.50 Å². The number of rotatable bonds is 0. The van der Waals surface area contributed by atoms with Crippen molar-refractivity contribution in [2.45, 2.75) is 44.9 Å². The van der Waals surface area contributed by atoms with Crippen molar-refractivity contribution in [2.75, 3.05) is 6.54 Å². The van der Waals surface area contributed by atoms with Crippen molar-refractivity contribution in [3.63, 3.8) is 0 Å². The largest absolute Gasteiger partial charge is 0.444 e. The Hall–Kier alpha value is -0.773. The SMILES string of the molecule is CC(C)(C)OC(=O)N1C[C@@H](O)C[C@@H]1C#[Si]. The fourth-order valence-electron chi connectivity index (χ4n) is 1.47. The number of ether oxygens (including phenoxy) is 1. The molecule has 0 bridgehead atoms. The summed E-state index contributed by atoms with van der Waals surface area (Å²) in [6.07, 6.45) is -0.399. The highest BCUT2D eigenvalue weighted by Crippen LogP contribution is 2.20. The molecule has 15 heavy (non-hydrogen) atoms. The van der Waals surface area contributed by atoms with Gasteiger partial charge in [-0.2, -0.15) is 0 Å². The molecule has 0 aromatic heterocycles. The zero-order valence-corrected chi connectivity index (χ0v) is 10.3. The summed E-state index contributed by atoms with van der Waals surface area (Å²) in [7, 11) is 3.13. The summed E-state index contributed by atoms with van der Waals surface area (Å²) >= 11 is 0. The predicted molar refractivity (Wildman–Crippen MR) is 57.0 cm³/mol. The molecule has 1 fully saturated rings. The minimum absolute atomic E-state index is 0.216. The summed E-state index contributed by atoms with van der Waals surface area (Å²) in [5, 5.41) is 9.44. The van der Waals surface area contributed by atoms with Crippen molar-refractivity contribution in [2.24, 2.45) is 0 Å². The normalized spacial score (nSPS) is 26.2. The number of nitrogens with zero attached hydrogens (tertiary/aromatic N) is 1. The van der Waals surface area contributed by atoms with Crippen LogP contribution < -0.4 is 0 Å². The Kier molecular flexibility index (Phi) is 3.60. The molecule has 0 aliphatic carbocycles. The highest BCUT2D eigenvalue weighted by atomic mass is 28.1. The van der Waals surface area contributed by atoms with E-state index in [1.165, 1.54) is 4.90 Å². The van der Waals surface area contributed by atoms with Crippen LogP contribution in [0.2, 0.25) is 0 Å². The third kappa shape index (κ3) is 3.37. The van der Waals surface area contributed by atoms with E-state index in [1.807, 2.05) is 20.8 Å². The lowest BCUT2D eigenvalue weighted by Crippen LogP contribution is -2.39. The van der Waals surface area contributed by atoms with Gasteiger partial charge in [-0.25, -0.2) is 4.79 Å². The van der Waals surface area contributed by atoms with Crippen LogP contribution in [0.15, 0.2) is 0 Å². The number of carbonyl (C=O) groups is 1. The lowest BCUT2D eigenvalue weighted by molar-refractivity contribution is 0.0240. The second kappa shape index (κ2) is 4.39. The maximum atomic E-state index is 11.7. The summed E-state index contributed by atoms with van der Waals surface area (Å²) in [4.78, 5) is 13.2. The molecule has 1 aliphatic heterocycles. The molecule has 1 radical (unpaired) electrons. The van der Waals surface area contributed by atoms with E-state index < -0.39 is 17.8 Å². The van der Waals surface area contributed by atoms with Crippen LogP contribution in [0.5, 0.6) is 0 Å². The van der Waals surface area contributed by atoms with Crippen molar-refractivity contribution in [1.29, 1.82) is 0 Å². The number of hydrogen-bond acceptors (Lipinski definition) is 3. The molecular weight excluding hydrogens is 210 g/mol. The van der Waals surface area contributed by atoms with Crippen LogP contribution in [0, 0.1) is 5.50 Å². The number of hydrogen-bond donors (Lipinski definition) is 1. The molecule has 0 spiro atoms. The van der Waals surface area contributed by atoms with Gasteiger partial charge in [0.2, 0.25) is 0 Å². The van der Waals surface area contributed by atoms with E-state index in [1.54, 1.807) is 0 Å². The molecule has 0 saturated carbocycles. The van der Waals surface area contributed by atoms with E-state index in [0.29, 0.717) is 13.0 Å².